The number of carbonyl (C=O) groups is 2. The molecule has 27 heavy (non-hydrogen) atoms. The van der Waals surface area contributed by atoms with Crippen molar-refractivity contribution in [2.45, 2.75) is 38.8 Å². The largest absolute Gasteiger partial charge is 0.497 e. The van der Waals surface area contributed by atoms with Crippen LogP contribution in [0.5, 0.6) is 5.75 Å². The number of nitrogens with one attached hydrogen (secondary N) is 2. The van der Waals surface area contributed by atoms with Crippen molar-refractivity contribution in [3.8, 4) is 5.75 Å². The Morgan fingerprint density at radius 1 is 1.07 bits per heavy atom. The minimum atomic E-state index is -0.184. The van der Waals surface area contributed by atoms with Gasteiger partial charge in [-0.3, -0.25) is 9.59 Å². The molecule has 2 aromatic carbocycles. The standard InChI is InChI=1S/C22H26N2O3/c1-15-6-3-4-7-17(15)14-23-22(26)19-8-5-9-20(19)24-21(25)16-10-12-18(27-2)13-11-16/h3-4,6-7,10-13,19-20H,5,8-9,14H2,1-2H3,(H,23,26)(H,24,25)/t19-,20+/m0/s1. The van der Waals surface area contributed by atoms with Crippen LogP contribution in [0, 0.1) is 12.8 Å². The molecule has 1 aliphatic rings. The van der Waals surface area contributed by atoms with Crippen LogP contribution in [-0.4, -0.2) is 25.0 Å². The zero-order valence-corrected chi connectivity index (χ0v) is 15.8. The maximum absolute atomic E-state index is 12.7. The lowest BCUT2D eigenvalue weighted by Crippen LogP contribution is -2.43. The minimum absolute atomic E-state index is 0.00999. The average Bonchev–Trinajstić information content (AvgIpc) is 3.15. The van der Waals surface area contributed by atoms with Gasteiger partial charge in [0.1, 0.15) is 5.75 Å². The Hall–Kier alpha value is -2.82. The molecule has 0 bridgehead atoms. The van der Waals surface area contributed by atoms with Crippen molar-refractivity contribution in [1.82, 2.24) is 10.6 Å². The molecule has 0 spiro atoms. The summed E-state index contributed by atoms with van der Waals surface area (Å²) in [5.74, 6) is 0.383. The second-order valence-corrected chi connectivity index (χ2v) is 6.99. The molecule has 0 heterocycles. The zero-order valence-electron chi connectivity index (χ0n) is 15.8. The highest BCUT2D eigenvalue weighted by Gasteiger charge is 2.34. The first-order valence-electron chi connectivity index (χ1n) is 9.35. The minimum Gasteiger partial charge on any atom is -0.497 e. The van der Waals surface area contributed by atoms with Crippen molar-refractivity contribution in [1.29, 1.82) is 0 Å². The average molecular weight is 366 g/mol. The van der Waals surface area contributed by atoms with Crippen molar-refractivity contribution < 1.29 is 14.3 Å². The zero-order chi connectivity index (χ0) is 19.2. The second-order valence-electron chi connectivity index (χ2n) is 6.99. The van der Waals surface area contributed by atoms with E-state index in [4.69, 9.17) is 4.74 Å². The molecule has 5 heteroatoms. The van der Waals surface area contributed by atoms with Crippen molar-refractivity contribution in [3.05, 3.63) is 65.2 Å². The van der Waals surface area contributed by atoms with Crippen LogP contribution in [0.15, 0.2) is 48.5 Å². The predicted molar refractivity (Wildman–Crippen MR) is 105 cm³/mol. The van der Waals surface area contributed by atoms with Gasteiger partial charge in [0.15, 0.2) is 0 Å². The van der Waals surface area contributed by atoms with Crippen molar-refractivity contribution >= 4 is 11.8 Å². The lowest BCUT2D eigenvalue weighted by Gasteiger charge is -2.21. The highest BCUT2D eigenvalue weighted by molar-refractivity contribution is 5.95. The smallest absolute Gasteiger partial charge is 0.251 e. The molecule has 5 nitrogen and oxygen atoms in total. The summed E-state index contributed by atoms with van der Waals surface area (Å²) in [7, 11) is 1.59. The van der Waals surface area contributed by atoms with Gasteiger partial charge in [-0.1, -0.05) is 30.7 Å². The molecule has 3 rings (SSSR count). The van der Waals surface area contributed by atoms with Gasteiger partial charge in [0, 0.05) is 18.2 Å². The Kier molecular flexibility index (Phi) is 6.12. The SMILES string of the molecule is COc1ccc(C(=O)N[C@@H]2CCC[C@@H]2C(=O)NCc2ccccc2C)cc1. The normalized spacial score (nSPS) is 18.7. The molecule has 0 unspecified atom stereocenters. The number of aryl methyl sites for hydroxylation is 1. The van der Waals surface area contributed by atoms with Crippen LogP contribution in [-0.2, 0) is 11.3 Å². The molecule has 1 fully saturated rings. The molecule has 2 atom stereocenters. The fraction of sp³-hybridized carbons (Fsp3) is 0.364. The summed E-state index contributed by atoms with van der Waals surface area (Å²) in [6.45, 7) is 2.55. The number of carbonyl (C=O) groups excluding carboxylic acids is 2. The maximum atomic E-state index is 12.7. The van der Waals surface area contributed by atoms with Crippen LogP contribution < -0.4 is 15.4 Å². The number of amides is 2. The fourth-order valence-corrected chi connectivity index (χ4v) is 3.56. The van der Waals surface area contributed by atoms with E-state index >= 15 is 0 Å². The van der Waals surface area contributed by atoms with E-state index in [0.717, 1.165) is 30.4 Å². The number of hydrogen-bond donors (Lipinski definition) is 2. The molecule has 1 aliphatic carbocycles. The quantitative estimate of drug-likeness (QED) is 0.825. The number of methoxy groups -OCH3 is 1. The Morgan fingerprint density at radius 2 is 1.81 bits per heavy atom. The highest BCUT2D eigenvalue weighted by atomic mass is 16.5. The van der Waals surface area contributed by atoms with E-state index < -0.39 is 0 Å². The summed E-state index contributed by atoms with van der Waals surface area (Å²) >= 11 is 0. The third-order valence-electron chi connectivity index (χ3n) is 5.24. The summed E-state index contributed by atoms with van der Waals surface area (Å²) in [6, 6.07) is 14.9. The van der Waals surface area contributed by atoms with E-state index in [1.807, 2.05) is 31.2 Å². The lowest BCUT2D eigenvalue weighted by atomic mass is 10.0. The van der Waals surface area contributed by atoms with E-state index in [0.29, 0.717) is 17.9 Å². The second kappa shape index (κ2) is 8.71. The fourth-order valence-electron chi connectivity index (χ4n) is 3.56. The van der Waals surface area contributed by atoms with E-state index in [2.05, 4.69) is 10.6 Å². The monoisotopic (exact) mass is 366 g/mol. The Labute approximate surface area is 160 Å². The van der Waals surface area contributed by atoms with Crippen molar-refractivity contribution in [3.63, 3.8) is 0 Å². The number of ether oxygens (including phenoxy) is 1. The Bertz CT molecular complexity index is 801. The summed E-state index contributed by atoms with van der Waals surface area (Å²) in [6.07, 6.45) is 2.56. The van der Waals surface area contributed by atoms with Gasteiger partial charge in [-0.05, 0) is 55.2 Å². The van der Waals surface area contributed by atoms with Gasteiger partial charge < -0.3 is 15.4 Å². The first-order chi connectivity index (χ1) is 13.1. The first kappa shape index (κ1) is 19.0. The van der Waals surface area contributed by atoms with Crippen LogP contribution in [0.4, 0.5) is 0 Å². The van der Waals surface area contributed by atoms with Crippen LogP contribution in [0.1, 0.15) is 40.7 Å². The van der Waals surface area contributed by atoms with Gasteiger partial charge in [0.2, 0.25) is 5.91 Å². The lowest BCUT2D eigenvalue weighted by molar-refractivity contribution is -0.125. The maximum Gasteiger partial charge on any atom is 0.251 e. The van der Waals surface area contributed by atoms with Crippen molar-refractivity contribution in [2.24, 2.45) is 5.92 Å². The molecule has 2 aromatic rings. The summed E-state index contributed by atoms with van der Waals surface area (Å²) in [5, 5.41) is 6.07. The molecule has 0 aliphatic heterocycles. The number of benzene rings is 2. The predicted octanol–water partition coefficient (Wildman–Crippen LogP) is 3.22. The summed E-state index contributed by atoms with van der Waals surface area (Å²) < 4.78 is 5.12. The topological polar surface area (TPSA) is 67.4 Å². The van der Waals surface area contributed by atoms with Crippen molar-refractivity contribution in [2.75, 3.05) is 7.11 Å². The molecule has 1 saturated carbocycles. The van der Waals surface area contributed by atoms with Gasteiger partial charge in [0.05, 0.1) is 13.0 Å². The van der Waals surface area contributed by atoms with Gasteiger partial charge in [-0.2, -0.15) is 0 Å². The molecular formula is C22H26N2O3. The van der Waals surface area contributed by atoms with E-state index in [1.165, 1.54) is 0 Å². The van der Waals surface area contributed by atoms with Crippen LogP contribution in [0.25, 0.3) is 0 Å². The molecular weight excluding hydrogens is 340 g/mol. The molecule has 142 valence electrons. The molecule has 0 radical (unpaired) electrons. The Balaban J connectivity index is 1.58. The molecule has 0 aromatic heterocycles. The van der Waals surface area contributed by atoms with E-state index in [9.17, 15) is 9.59 Å². The third-order valence-corrected chi connectivity index (χ3v) is 5.24. The van der Waals surface area contributed by atoms with Gasteiger partial charge in [0.25, 0.3) is 5.91 Å². The summed E-state index contributed by atoms with van der Waals surface area (Å²) in [4.78, 5) is 25.2. The van der Waals surface area contributed by atoms with E-state index in [-0.39, 0.29) is 23.8 Å². The third kappa shape index (κ3) is 4.67. The Morgan fingerprint density at radius 3 is 2.52 bits per heavy atom. The van der Waals surface area contributed by atoms with Crippen LogP contribution in [0.2, 0.25) is 0 Å². The van der Waals surface area contributed by atoms with Gasteiger partial charge in [-0.15, -0.1) is 0 Å². The highest BCUT2D eigenvalue weighted by Crippen LogP contribution is 2.26. The first-order valence-corrected chi connectivity index (χ1v) is 9.35. The molecule has 2 N–H and O–H groups in total. The van der Waals surface area contributed by atoms with Crippen LogP contribution in [0.3, 0.4) is 0 Å². The molecule has 0 saturated heterocycles. The number of rotatable bonds is 6. The number of hydrogen-bond acceptors (Lipinski definition) is 3. The summed E-state index contributed by atoms with van der Waals surface area (Å²) in [5.41, 5.74) is 2.85. The molecule has 2 amide bonds. The van der Waals surface area contributed by atoms with Gasteiger partial charge in [-0.25, -0.2) is 0 Å². The van der Waals surface area contributed by atoms with Crippen LogP contribution >= 0.6 is 0 Å². The van der Waals surface area contributed by atoms with E-state index in [1.54, 1.807) is 31.4 Å². The van der Waals surface area contributed by atoms with Gasteiger partial charge >= 0.3 is 0 Å².